The fourth-order valence-corrected chi connectivity index (χ4v) is 3.41. The Kier molecular flexibility index (Phi) is 4.73. The quantitative estimate of drug-likeness (QED) is 0.809. The minimum absolute atomic E-state index is 0.239. The summed E-state index contributed by atoms with van der Waals surface area (Å²) in [5, 5.41) is 5.60. The molecule has 1 aromatic rings. The highest BCUT2D eigenvalue weighted by atomic mass is 32.2. The van der Waals surface area contributed by atoms with Gasteiger partial charge in [0.1, 0.15) is 11.2 Å². The fraction of sp³-hybridized carbons (Fsp3) is 0.412. The van der Waals surface area contributed by atoms with Crippen LogP contribution >= 0.6 is 11.8 Å². The van der Waals surface area contributed by atoms with Crippen LogP contribution in [0.1, 0.15) is 25.8 Å². The third kappa shape index (κ3) is 3.28. The van der Waals surface area contributed by atoms with Crippen LogP contribution in [0.4, 0.5) is 5.69 Å². The van der Waals surface area contributed by atoms with Gasteiger partial charge >= 0.3 is 0 Å². The van der Waals surface area contributed by atoms with Gasteiger partial charge in [-0.25, -0.2) is 0 Å². The summed E-state index contributed by atoms with van der Waals surface area (Å²) in [7, 11) is 0. The summed E-state index contributed by atoms with van der Waals surface area (Å²) < 4.78 is 0. The number of benzene rings is 1. The van der Waals surface area contributed by atoms with Crippen molar-refractivity contribution >= 4 is 17.4 Å². The summed E-state index contributed by atoms with van der Waals surface area (Å²) in [4.78, 5) is 2.42. The second-order valence-electron chi connectivity index (χ2n) is 5.93. The molecule has 0 amide bonds. The van der Waals surface area contributed by atoms with Gasteiger partial charge < -0.3 is 10.6 Å². The number of nitrogens with one attached hydrogen (secondary N) is 1. The number of thioether (sulfide) groups is 1. The topological polar surface area (TPSA) is 47.8 Å². The van der Waals surface area contributed by atoms with Gasteiger partial charge in [-0.2, -0.15) is 0 Å². The Morgan fingerprint density at radius 3 is 2.61 bits per heavy atom. The molecule has 23 heavy (non-hydrogen) atoms. The average molecular weight is 331 g/mol. The first kappa shape index (κ1) is 16.1. The molecule has 2 heterocycles. The van der Waals surface area contributed by atoms with E-state index in [9.17, 15) is 0 Å². The molecule has 0 fully saturated rings. The Balaban J connectivity index is 1.86. The monoisotopic (exact) mass is 331 g/mol. The minimum Gasteiger partial charge on any atom is -0.399 e. The number of hydrogen-bond acceptors (Lipinski definition) is 6. The van der Waals surface area contributed by atoms with Crippen LogP contribution in [-0.4, -0.2) is 34.0 Å². The van der Waals surface area contributed by atoms with Crippen LogP contribution in [0, 0.1) is 0 Å². The van der Waals surface area contributed by atoms with Crippen LogP contribution in [0.5, 0.6) is 0 Å². The molecule has 3 rings (SSSR count). The molecule has 1 unspecified atom stereocenters. The molecular weight excluding hydrogens is 306 g/mol. The van der Waals surface area contributed by atoms with Crippen molar-refractivity contribution in [1.82, 2.24) is 20.5 Å². The van der Waals surface area contributed by atoms with E-state index in [2.05, 4.69) is 65.1 Å². The number of nitrogen functional groups attached to an aromatic ring is 1. The molecule has 3 N–H and O–H groups in total. The van der Waals surface area contributed by atoms with Gasteiger partial charge in [-0.05, 0) is 37.3 Å². The van der Waals surface area contributed by atoms with E-state index in [-0.39, 0.29) is 6.17 Å². The van der Waals surface area contributed by atoms with Gasteiger partial charge in [-0.15, -0.1) is 16.9 Å². The number of nitrogens with two attached hydrogens (primary N) is 1. The van der Waals surface area contributed by atoms with Gasteiger partial charge in [0, 0.05) is 30.5 Å². The standard InChI is InChI=1S/C17H25N5S/c1-4-9-20-11-13(2)21-12-16(23-3)19-22(21)17(20)10-14-5-7-15(18)8-6-14/h5-8,11-12,17,19H,4,9-10,18H2,1-3H3. The molecule has 0 spiro atoms. The Bertz CT molecular complexity index is 610. The van der Waals surface area contributed by atoms with Crippen molar-refractivity contribution in [2.75, 3.05) is 18.5 Å². The second kappa shape index (κ2) is 6.76. The van der Waals surface area contributed by atoms with Crippen molar-refractivity contribution in [3.63, 3.8) is 0 Å². The highest BCUT2D eigenvalue weighted by Crippen LogP contribution is 2.30. The largest absolute Gasteiger partial charge is 0.399 e. The molecule has 124 valence electrons. The zero-order valence-electron chi connectivity index (χ0n) is 14.0. The maximum absolute atomic E-state index is 5.81. The molecule has 2 aliphatic rings. The highest BCUT2D eigenvalue weighted by molar-refractivity contribution is 8.02. The van der Waals surface area contributed by atoms with Gasteiger partial charge in [0.25, 0.3) is 0 Å². The Labute approximate surface area is 142 Å². The third-order valence-corrected chi connectivity index (χ3v) is 4.81. The molecule has 0 aliphatic carbocycles. The fourth-order valence-electron chi connectivity index (χ4n) is 3.02. The van der Waals surface area contributed by atoms with E-state index in [0.717, 1.165) is 25.1 Å². The first-order chi connectivity index (χ1) is 11.1. The minimum atomic E-state index is 0.239. The molecule has 0 radical (unpaired) electrons. The molecule has 0 saturated carbocycles. The lowest BCUT2D eigenvalue weighted by Crippen LogP contribution is -2.59. The number of hydrazine groups is 2. The summed E-state index contributed by atoms with van der Waals surface area (Å²) in [6.45, 7) is 5.41. The van der Waals surface area contributed by atoms with Gasteiger partial charge in [0.2, 0.25) is 0 Å². The van der Waals surface area contributed by atoms with Gasteiger partial charge in [-0.3, -0.25) is 10.4 Å². The predicted molar refractivity (Wildman–Crippen MR) is 97.5 cm³/mol. The van der Waals surface area contributed by atoms with E-state index in [0.29, 0.717) is 0 Å². The number of fused-ring (bicyclic) bond motifs is 1. The van der Waals surface area contributed by atoms with Crippen molar-refractivity contribution in [1.29, 1.82) is 0 Å². The highest BCUT2D eigenvalue weighted by Gasteiger charge is 2.36. The first-order valence-corrected chi connectivity index (χ1v) is 9.24. The molecule has 0 aromatic heterocycles. The molecule has 0 saturated heterocycles. The summed E-state index contributed by atoms with van der Waals surface area (Å²) in [5.74, 6) is 0. The molecule has 6 heteroatoms. The molecule has 1 aromatic carbocycles. The van der Waals surface area contributed by atoms with Crippen LogP contribution < -0.4 is 11.2 Å². The average Bonchev–Trinajstić information content (AvgIpc) is 2.98. The van der Waals surface area contributed by atoms with Gasteiger partial charge in [-0.1, -0.05) is 19.1 Å². The van der Waals surface area contributed by atoms with Gasteiger partial charge in [0.05, 0.1) is 6.20 Å². The van der Waals surface area contributed by atoms with Crippen LogP contribution in [0.15, 0.2) is 47.4 Å². The summed E-state index contributed by atoms with van der Waals surface area (Å²) in [6.07, 6.45) is 8.82. The van der Waals surface area contributed by atoms with Crippen LogP contribution in [0.2, 0.25) is 0 Å². The molecule has 0 bridgehead atoms. The number of allylic oxidation sites excluding steroid dienone is 1. The maximum Gasteiger partial charge on any atom is 0.125 e. The van der Waals surface area contributed by atoms with E-state index >= 15 is 0 Å². The number of rotatable bonds is 5. The third-order valence-electron chi connectivity index (χ3n) is 4.18. The SMILES string of the molecule is CCCN1C=C(C)N2C=C(SC)NN2C1Cc1ccc(N)cc1. The summed E-state index contributed by atoms with van der Waals surface area (Å²) in [5.41, 5.74) is 12.7. The van der Waals surface area contributed by atoms with Crippen molar-refractivity contribution in [2.24, 2.45) is 0 Å². The summed E-state index contributed by atoms with van der Waals surface area (Å²) in [6, 6.07) is 8.19. The lowest BCUT2D eigenvalue weighted by Gasteiger charge is -2.45. The van der Waals surface area contributed by atoms with Crippen molar-refractivity contribution in [2.45, 2.75) is 32.9 Å². The van der Waals surface area contributed by atoms with E-state index in [4.69, 9.17) is 5.73 Å². The van der Waals surface area contributed by atoms with E-state index in [1.165, 1.54) is 16.3 Å². The second-order valence-corrected chi connectivity index (χ2v) is 6.78. The van der Waals surface area contributed by atoms with Crippen LogP contribution in [-0.2, 0) is 6.42 Å². The maximum atomic E-state index is 5.81. The lowest BCUT2D eigenvalue weighted by atomic mass is 10.1. The van der Waals surface area contributed by atoms with E-state index < -0.39 is 0 Å². The molecular formula is C17H25N5S. The van der Waals surface area contributed by atoms with E-state index in [1.54, 1.807) is 11.8 Å². The van der Waals surface area contributed by atoms with Crippen molar-refractivity contribution in [3.05, 3.63) is 53.0 Å². The van der Waals surface area contributed by atoms with Crippen molar-refractivity contribution in [3.8, 4) is 0 Å². The zero-order chi connectivity index (χ0) is 16.4. The first-order valence-electron chi connectivity index (χ1n) is 8.01. The summed E-state index contributed by atoms with van der Waals surface area (Å²) >= 11 is 1.73. The smallest absolute Gasteiger partial charge is 0.125 e. The zero-order valence-corrected chi connectivity index (χ0v) is 14.8. The van der Waals surface area contributed by atoms with Crippen LogP contribution in [0.25, 0.3) is 0 Å². The van der Waals surface area contributed by atoms with Crippen molar-refractivity contribution < 1.29 is 0 Å². The van der Waals surface area contributed by atoms with Gasteiger partial charge in [0.15, 0.2) is 0 Å². The Morgan fingerprint density at radius 2 is 1.96 bits per heavy atom. The number of nitrogens with zero attached hydrogens (tertiary/aromatic N) is 3. The number of anilines is 1. The lowest BCUT2D eigenvalue weighted by molar-refractivity contribution is -0.0858. The molecule has 2 aliphatic heterocycles. The Morgan fingerprint density at radius 1 is 1.22 bits per heavy atom. The van der Waals surface area contributed by atoms with E-state index in [1.807, 2.05) is 12.1 Å². The molecule has 1 atom stereocenters. The normalized spacial score (nSPS) is 20.9. The van der Waals surface area contributed by atoms with Crippen LogP contribution in [0.3, 0.4) is 0 Å². The number of hydrogen-bond donors (Lipinski definition) is 2. The Hall–Kier alpha value is -1.79. The molecule has 5 nitrogen and oxygen atoms in total. The predicted octanol–water partition coefficient (Wildman–Crippen LogP) is 2.92.